The van der Waals surface area contributed by atoms with E-state index in [4.69, 9.17) is 11.6 Å². The van der Waals surface area contributed by atoms with Crippen molar-refractivity contribution in [2.75, 3.05) is 39.1 Å². The summed E-state index contributed by atoms with van der Waals surface area (Å²) in [4.78, 5) is 47.1. The molecular formula is C33H38ClN5O4. The third-order valence-corrected chi connectivity index (χ3v) is 8.59. The summed E-state index contributed by atoms with van der Waals surface area (Å²) >= 11 is 6.56. The van der Waals surface area contributed by atoms with Gasteiger partial charge in [-0.15, -0.1) is 0 Å². The van der Waals surface area contributed by atoms with Gasteiger partial charge in [0.25, 0.3) is 0 Å². The number of anilines is 1. The molecule has 3 aromatic rings. The highest BCUT2D eigenvalue weighted by Gasteiger charge is 2.50. The Labute approximate surface area is 257 Å². The Kier molecular flexibility index (Phi) is 8.94. The second-order valence-electron chi connectivity index (χ2n) is 11.6. The highest BCUT2D eigenvalue weighted by Crippen LogP contribution is 2.34. The van der Waals surface area contributed by atoms with E-state index in [0.717, 1.165) is 22.4 Å². The number of aromatic hydroxyl groups is 1. The third-order valence-electron chi connectivity index (χ3n) is 8.29. The predicted octanol–water partition coefficient (Wildman–Crippen LogP) is 4.10. The van der Waals surface area contributed by atoms with Crippen molar-refractivity contribution in [2.24, 2.45) is 0 Å². The summed E-state index contributed by atoms with van der Waals surface area (Å²) in [5.41, 5.74) is 3.55. The van der Waals surface area contributed by atoms with E-state index in [9.17, 15) is 19.5 Å². The second-order valence-corrected chi connectivity index (χ2v) is 12.0. The van der Waals surface area contributed by atoms with Crippen molar-refractivity contribution in [2.45, 2.75) is 44.4 Å². The number of halogens is 1. The van der Waals surface area contributed by atoms with Gasteiger partial charge in [-0.05, 0) is 40.8 Å². The molecule has 1 N–H and O–H groups in total. The number of phenols is 1. The van der Waals surface area contributed by atoms with E-state index < -0.39 is 12.2 Å². The van der Waals surface area contributed by atoms with Gasteiger partial charge in [-0.2, -0.15) is 0 Å². The first-order valence-corrected chi connectivity index (χ1v) is 14.8. The Morgan fingerprint density at radius 2 is 1.72 bits per heavy atom. The van der Waals surface area contributed by atoms with Crippen LogP contribution in [0.2, 0.25) is 5.02 Å². The molecule has 3 atom stereocenters. The largest absolute Gasteiger partial charge is 0.508 e. The number of phenolic OH excluding ortho intramolecular Hbond substituents is 1. The van der Waals surface area contributed by atoms with Gasteiger partial charge in [0.1, 0.15) is 18.0 Å². The maximum absolute atomic E-state index is 14.2. The topological polar surface area (TPSA) is 87.6 Å². The molecule has 2 fully saturated rings. The Bertz CT molecular complexity index is 1480. The van der Waals surface area contributed by atoms with Crippen LogP contribution in [0.4, 0.5) is 5.69 Å². The summed E-state index contributed by atoms with van der Waals surface area (Å²) in [6.45, 7) is 2.43. The Hall–Kier alpha value is -4.08. The van der Waals surface area contributed by atoms with Crippen LogP contribution < -0.4 is 4.90 Å². The number of carbonyl (C=O) groups excluding carboxylic acids is 3. The molecule has 43 heavy (non-hydrogen) atoms. The molecule has 3 amide bonds. The van der Waals surface area contributed by atoms with Crippen LogP contribution in [0.1, 0.15) is 36.0 Å². The summed E-state index contributed by atoms with van der Waals surface area (Å²) < 4.78 is 0. The van der Waals surface area contributed by atoms with Gasteiger partial charge in [0.15, 0.2) is 0 Å². The van der Waals surface area contributed by atoms with Crippen molar-refractivity contribution >= 4 is 35.0 Å². The molecule has 5 rings (SSSR count). The van der Waals surface area contributed by atoms with Crippen molar-refractivity contribution < 1.29 is 19.5 Å². The molecule has 226 valence electrons. The molecule has 0 spiro atoms. The smallest absolute Gasteiger partial charge is 0.246 e. The van der Waals surface area contributed by atoms with Crippen molar-refractivity contribution in [3.8, 4) is 5.75 Å². The highest BCUT2D eigenvalue weighted by atomic mass is 35.5. The highest BCUT2D eigenvalue weighted by molar-refractivity contribution is 6.33. The lowest BCUT2D eigenvalue weighted by molar-refractivity contribution is -0.203. The molecule has 10 heteroatoms. The number of hydrogen-bond donors (Lipinski definition) is 1. The lowest BCUT2D eigenvalue weighted by atomic mass is 9.96. The molecule has 0 radical (unpaired) electrons. The summed E-state index contributed by atoms with van der Waals surface area (Å²) in [5, 5.41) is 13.7. The summed E-state index contributed by atoms with van der Waals surface area (Å²) in [7, 11) is 5.56. The lowest BCUT2D eigenvalue weighted by Gasteiger charge is -2.55. The monoisotopic (exact) mass is 603 g/mol. The Balaban J connectivity index is 1.51. The van der Waals surface area contributed by atoms with E-state index in [1.807, 2.05) is 74.4 Å². The first kappa shape index (κ1) is 30.4. The number of piperazine rings is 1. The molecule has 2 aliphatic rings. The van der Waals surface area contributed by atoms with Gasteiger partial charge < -0.3 is 19.8 Å². The Morgan fingerprint density at radius 1 is 1.02 bits per heavy atom. The minimum atomic E-state index is -0.826. The average Bonchev–Trinajstić information content (AvgIpc) is 2.96. The van der Waals surface area contributed by atoms with Crippen LogP contribution in [-0.2, 0) is 27.3 Å². The Morgan fingerprint density at radius 3 is 2.40 bits per heavy atom. The summed E-state index contributed by atoms with van der Waals surface area (Å²) in [6.07, 6.45) is -0.175. The molecule has 2 aliphatic heterocycles. The van der Waals surface area contributed by atoms with E-state index in [1.165, 1.54) is 0 Å². The van der Waals surface area contributed by atoms with E-state index in [1.54, 1.807) is 51.1 Å². The van der Waals surface area contributed by atoms with Crippen LogP contribution in [0.15, 0.2) is 72.8 Å². The van der Waals surface area contributed by atoms with E-state index in [2.05, 4.69) is 0 Å². The number of hydrazine groups is 1. The first-order chi connectivity index (χ1) is 20.5. The maximum atomic E-state index is 14.2. The normalized spacial score (nSPS) is 19.8. The molecule has 3 aromatic carbocycles. The molecule has 0 bridgehead atoms. The zero-order valence-electron chi connectivity index (χ0n) is 25.0. The van der Waals surface area contributed by atoms with E-state index >= 15 is 0 Å². The number of para-hydroxylation sites is 1. The van der Waals surface area contributed by atoms with Crippen LogP contribution >= 0.6 is 11.6 Å². The average molecular weight is 604 g/mol. The molecule has 1 unspecified atom stereocenters. The van der Waals surface area contributed by atoms with Gasteiger partial charge in [-0.3, -0.25) is 19.4 Å². The second kappa shape index (κ2) is 12.7. The number of hydrogen-bond acceptors (Lipinski definition) is 6. The van der Waals surface area contributed by atoms with Gasteiger partial charge in [-0.1, -0.05) is 73.1 Å². The fourth-order valence-corrected chi connectivity index (χ4v) is 6.58. The zero-order chi connectivity index (χ0) is 30.8. The van der Waals surface area contributed by atoms with Crippen LogP contribution in [0.3, 0.4) is 0 Å². The van der Waals surface area contributed by atoms with Gasteiger partial charge in [-0.25, -0.2) is 5.01 Å². The zero-order valence-corrected chi connectivity index (χ0v) is 25.7. The van der Waals surface area contributed by atoms with Crippen molar-refractivity contribution in [3.05, 3.63) is 94.5 Å². The molecule has 0 aromatic heterocycles. The fourth-order valence-electron chi connectivity index (χ4n) is 6.22. The van der Waals surface area contributed by atoms with Gasteiger partial charge in [0.05, 0.1) is 23.8 Å². The number of nitrogens with zero attached hydrogens (tertiary/aromatic N) is 5. The fraction of sp³-hybridized carbons (Fsp3) is 0.364. The SMILES string of the molecule is C[C@H](CC(=O)N1C2CN(Cc3cccc(Cl)c3N(C)C)C(=O)[C@H](Cc3ccc(O)cc3)N2C(=O)CN1C)c1ccccc1. The van der Waals surface area contributed by atoms with Crippen LogP contribution in [0.25, 0.3) is 0 Å². The van der Waals surface area contributed by atoms with Crippen molar-refractivity contribution in [1.82, 2.24) is 19.8 Å². The summed E-state index contributed by atoms with van der Waals surface area (Å²) in [6, 6.07) is 21.3. The number of fused-ring (bicyclic) bond motifs is 1. The van der Waals surface area contributed by atoms with Gasteiger partial charge in [0, 0.05) is 40.5 Å². The molecule has 0 saturated carbocycles. The first-order valence-electron chi connectivity index (χ1n) is 14.5. The predicted molar refractivity (Wildman–Crippen MR) is 166 cm³/mol. The number of carbonyl (C=O) groups is 3. The standard InChI is InChI=1S/C33H38ClN5O4/c1-22(24-9-6-5-7-10-24)17-30(41)39-29-20-37(19-25-11-8-12-27(34)32(25)35(2)3)33(43)28(38(29)31(42)21-36(39)4)18-23-13-15-26(40)16-14-23/h5-16,22,28-29,40H,17-21H2,1-4H3/t22-,28+,29?/m1/s1. The molecule has 2 heterocycles. The molecule has 0 aliphatic carbocycles. The van der Waals surface area contributed by atoms with Crippen LogP contribution in [0, 0.1) is 0 Å². The number of likely N-dealkylation sites (N-methyl/N-ethyl adjacent to an activating group) is 1. The van der Waals surface area contributed by atoms with Crippen molar-refractivity contribution in [3.63, 3.8) is 0 Å². The number of benzene rings is 3. The molecule has 2 saturated heterocycles. The maximum Gasteiger partial charge on any atom is 0.246 e. The third kappa shape index (κ3) is 6.33. The molecule has 9 nitrogen and oxygen atoms in total. The van der Waals surface area contributed by atoms with Gasteiger partial charge in [0.2, 0.25) is 17.7 Å². The minimum absolute atomic E-state index is 0.0135. The molecular weight excluding hydrogens is 566 g/mol. The van der Waals surface area contributed by atoms with Crippen LogP contribution in [-0.4, -0.2) is 89.1 Å². The number of amides is 3. The minimum Gasteiger partial charge on any atom is -0.508 e. The van der Waals surface area contributed by atoms with E-state index in [0.29, 0.717) is 5.02 Å². The van der Waals surface area contributed by atoms with Gasteiger partial charge >= 0.3 is 0 Å². The van der Waals surface area contributed by atoms with E-state index in [-0.39, 0.29) is 61.9 Å². The lowest BCUT2D eigenvalue weighted by Crippen LogP contribution is -2.75. The quantitative estimate of drug-likeness (QED) is 0.417. The summed E-state index contributed by atoms with van der Waals surface area (Å²) in [5.74, 6) is -0.430. The van der Waals surface area contributed by atoms with Crippen molar-refractivity contribution in [1.29, 1.82) is 0 Å². The van der Waals surface area contributed by atoms with Crippen LogP contribution in [0.5, 0.6) is 5.75 Å². The number of rotatable bonds is 8.